The van der Waals surface area contributed by atoms with Gasteiger partial charge in [-0.05, 0) is 20.8 Å². The summed E-state index contributed by atoms with van der Waals surface area (Å²) in [4.78, 5) is 20.5. The van der Waals surface area contributed by atoms with Crippen LogP contribution in [0.5, 0.6) is 0 Å². The number of hydrogen-bond donors (Lipinski definition) is 1. The number of hydrogen-bond acceptors (Lipinski definition) is 7. The lowest BCUT2D eigenvalue weighted by Crippen LogP contribution is -2.30. The van der Waals surface area contributed by atoms with Gasteiger partial charge in [-0.15, -0.1) is 11.3 Å². The molecule has 2 aromatic rings. The third kappa shape index (κ3) is 2.73. The zero-order valence-electron chi connectivity index (χ0n) is 11.3. The maximum absolute atomic E-state index is 12.1. The van der Waals surface area contributed by atoms with Crippen LogP contribution in [0.25, 0.3) is 0 Å². The van der Waals surface area contributed by atoms with Crippen molar-refractivity contribution in [3.05, 3.63) is 27.9 Å². The van der Waals surface area contributed by atoms with Gasteiger partial charge in [0, 0.05) is 11.8 Å². The van der Waals surface area contributed by atoms with Crippen LogP contribution in [0, 0.1) is 27.7 Å². The molecule has 0 bridgehead atoms. The highest BCUT2D eigenvalue weighted by atomic mass is 32.2. The van der Waals surface area contributed by atoms with Gasteiger partial charge in [-0.3, -0.25) is 4.79 Å². The van der Waals surface area contributed by atoms with Crippen molar-refractivity contribution in [2.45, 2.75) is 32.0 Å². The predicted octanol–water partition coefficient (Wildman–Crippen LogP) is 1.48. The van der Waals surface area contributed by atoms with Gasteiger partial charge in [-0.2, -0.15) is 8.42 Å². The minimum Gasteiger partial charge on any atom is -0.436 e. The maximum Gasteiger partial charge on any atom is 0.302 e. The lowest BCUT2D eigenvalue weighted by Gasteiger charge is -2.02. The van der Waals surface area contributed by atoms with Crippen LogP contribution in [0.4, 0.5) is 0 Å². The van der Waals surface area contributed by atoms with Gasteiger partial charge in [0.1, 0.15) is 0 Å². The molecule has 0 aliphatic carbocycles. The highest BCUT2D eigenvalue weighted by Gasteiger charge is 2.26. The third-order valence-electron chi connectivity index (χ3n) is 2.58. The van der Waals surface area contributed by atoms with Crippen LogP contribution in [0.15, 0.2) is 8.76 Å². The van der Waals surface area contributed by atoms with E-state index in [0.717, 1.165) is 16.2 Å². The van der Waals surface area contributed by atoms with E-state index >= 15 is 0 Å². The first-order valence-corrected chi connectivity index (χ1v) is 7.96. The molecule has 0 atom stereocenters. The van der Waals surface area contributed by atoms with Crippen molar-refractivity contribution in [1.29, 1.82) is 0 Å². The largest absolute Gasteiger partial charge is 0.436 e. The van der Waals surface area contributed by atoms with Crippen molar-refractivity contribution < 1.29 is 17.6 Å². The van der Waals surface area contributed by atoms with Crippen molar-refractivity contribution in [3.8, 4) is 0 Å². The molecule has 0 aromatic carbocycles. The van der Waals surface area contributed by atoms with Crippen LogP contribution in [0.3, 0.4) is 0 Å². The van der Waals surface area contributed by atoms with Crippen molar-refractivity contribution >= 4 is 27.3 Å². The molecule has 2 aromatic heterocycles. The summed E-state index contributed by atoms with van der Waals surface area (Å²) in [6.45, 7) is 6.61. The number of oxazole rings is 1. The first-order chi connectivity index (χ1) is 9.20. The molecule has 1 N–H and O–H groups in total. The Morgan fingerprint density at radius 1 is 1.15 bits per heavy atom. The number of nitrogens with zero attached hydrogens (tertiary/aromatic N) is 2. The normalized spacial score (nSPS) is 11.6. The molecule has 0 saturated heterocycles. The quantitative estimate of drug-likeness (QED) is 0.920. The number of carbonyl (C=O) groups is 1. The van der Waals surface area contributed by atoms with Gasteiger partial charge in [-0.1, -0.05) is 0 Å². The Morgan fingerprint density at radius 2 is 1.80 bits per heavy atom. The Hall–Kier alpha value is -1.74. The highest BCUT2D eigenvalue weighted by Crippen LogP contribution is 2.21. The second-order valence-electron chi connectivity index (χ2n) is 4.20. The molecule has 0 aliphatic rings. The molecule has 0 saturated carbocycles. The van der Waals surface area contributed by atoms with E-state index in [2.05, 4.69) is 9.97 Å². The minimum atomic E-state index is -4.00. The number of nitrogens with one attached hydrogen (secondary N) is 1. The van der Waals surface area contributed by atoms with Gasteiger partial charge < -0.3 is 4.42 Å². The molecule has 20 heavy (non-hydrogen) atoms. The van der Waals surface area contributed by atoms with Gasteiger partial charge in [0.05, 0.1) is 11.4 Å². The molecule has 0 spiro atoms. The summed E-state index contributed by atoms with van der Waals surface area (Å²) in [5.41, 5.74) is 0.955. The summed E-state index contributed by atoms with van der Waals surface area (Å²) in [7, 11) is -4.00. The lowest BCUT2D eigenvalue weighted by molar-refractivity contribution is 0.0952. The Labute approximate surface area is 120 Å². The van der Waals surface area contributed by atoms with Crippen molar-refractivity contribution in [1.82, 2.24) is 14.7 Å². The minimum absolute atomic E-state index is 0.115. The molecular weight excluding hydrogens is 302 g/mol. The van der Waals surface area contributed by atoms with E-state index in [1.165, 1.54) is 0 Å². The molecule has 1 amide bonds. The highest BCUT2D eigenvalue weighted by molar-refractivity contribution is 7.92. The maximum atomic E-state index is 12.1. The molecule has 0 radical (unpaired) electrons. The third-order valence-corrected chi connectivity index (χ3v) is 5.36. The fourth-order valence-electron chi connectivity index (χ4n) is 1.51. The van der Waals surface area contributed by atoms with Gasteiger partial charge in [0.25, 0.3) is 10.0 Å². The number of sulfonamides is 1. The average Bonchev–Trinajstić information content (AvgIpc) is 2.82. The van der Waals surface area contributed by atoms with E-state index in [1.54, 1.807) is 27.7 Å². The molecule has 0 aliphatic heterocycles. The number of thiazole rings is 1. The summed E-state index contributed by atoms with van der Waals surface area (Å²) in [5.74, 6) is -0.671. The molecule has 7 nitrogen and oxygen atoms in total. The van der Waals surface area contributed by atoms with Crippen LogP contribution in [0.1, 0.15) is 32.7 Å². The molecule has 2 rings (SSSR count). The van der Waals surface area contributed by atoms with E-state index in [9.17, 15) is 13.2 Å². The van der Waals surface area contributed by atoms with Gasteiger partial charge in [0.15, 0.2) is 5.89 Å². The van der Waals surface area contributed by atoms with Gasteiger partial charge in [-0.25, -0.2) is 14.7 Å². The molecule has 2 heterocycles. The monoisotopic (exact) mass is 315 g/mol. The zero-order valence-corrected chi connectivity index (χ0v) is 13.0. The SMILES string of the molecule is Cc1nc(C)c(C(=O)NS(=O)(=O)c2nc(C)c(C)s2)o1. The molecule has 0 unspecified atom stereocenters. The fourth-order valence-corrected chi connectivity index (χ4v) is 3.77. The van der Waals surface area contributed by atoms with E-state index in [0.29, 0.717) is 17.3 Å². The topological polar surface area (TPSA) is 102 Å². The fraction of sp³-hybridized carbons (Fsp3) is 0.364. The number of aromatic nitrogens is 2. The van der Waals surface area contributed by atoms with Crippen molar-refractivity contribution in [2.75, 3.05) is 0 Å². The smallest absolute Gasteiger partial charge is 0.302 e. The summed E-state index contributed by atoms with van der Waals surface area (Å²) in [5, 5.41) is 0. The second kappa shape index (κ2) is 4.98. The van der Waals surface area contributed by atoms with Crippen molar-refractivity contribution in [3.63, 3.8) is 0 Å². The zero-order chi connectivity index (χ0) is 15.1. The molecule has 108 valence electrons. The standard InChI is InChI=1S/C11H13N3O4S2/c1-5-7(3)19-11(13-5)20(16,17)14-10(15)9-6(2)12-8(4)18-9/h1-4H3,(H,14,15). The van der Waals surface area contributed by atoms with Crippen LogP contribution < -0.4 is 4.72 Å². The summed E-state index contributed by atoms with van der Waals surface area (Å²) < 4.78 is 31.0. The molecule has 9 heteroatoms. The lowest BCUT2D eigenvalue weighted by atomic mass is 10.4. The number of carbonyl (C=O) groups excluding carboxylic acids is 1. The number of aryl methyl sites for hydroxylation is 4. The average molecular weight is 315 g/mol. The van der Waals surface area contributed by atoms with E-state index in [-0.39, 0.29) is 10.1 Å². The van der Waals surface area contributed by atoms with Gasteiger partial charge >= 0.3 is 5.91 Å². The van der Waals surface area contributed by atoms with Crippen LogP contribution in [0.2, 0.25) is 0 Å². The Morgan fingerprint density at radius 3 is 2.25 bits per heavy atom. The Balaban J connectivity index is 2.29. The molecule has 0 fully saturated rings. The summed E-state index contributed by atoms with van der Waals surface area (Å²) >= 11 is 1.01. The van der Waals surface area contributed by atoms with Gasteiger partial charge in [0.2, 0.25) is 10.1 Å². The van der Waals surface area contributed by atoms with Crippen LogP contribution in [-0.2, 0) is 10.0 Å². The van der Waals surface area contributed by atoms with E-state index in [4.69, 9.17) is 4.42 Å². The number of rotatable bonds is 3. The predicted molar refractivity (Wildman–Crippen MR) is 72.2 cm³/mol. The van der Waals surface area contributed by atoms with E-state index in [1.807, 2.05) is 4.72 Å². The Bertz CT molecular complexity index is 754. The summed E-state index contributed by atoms with van der Waals surface area (Å²) in [6, 6.07) is 0. The Kier molecular flexibility index (Phi) is 3.65. The van der Waals surface area contributed by atoms with Crippen LogP contribution in [-0.4, -0.2) is 24.3 Å². The molecular formula is C11H13N3O4S2. The van der Waals surface area contributed by atoms with Crippen LogP contribution >= 0.6 is 11.3 Å². The first-order valence-electron chi connectivity index (χ1n) is 5.66. The second-order valence-corrected chi connectivity index (χ2v) is 7.26. The number of amides is 1. The first kappa shape index (κ1) is 14.7. The van der Waals surface area contributed by atoms with E-state index < -0.39 is 15.9 Å². The van der Waals surface area contributed by atoms with Crippen molar-refractivity contribution in [2.24, 2.45) is 0 Å². The summed E-state index contributed by atoms with van der Waals surface area (Å²) in [6.07, 6.45) is 0.